The Balaban J connectivity index is 1.37. The van der Waals surface area contributed by atoms with Crippen LogP contribution in [0.5, 0.6) is 5.75 Å². The van der Waals surface area contributed by atoms with Crippen LogP contribution in [0.2, 0.25) is 0 Å². The van der Waals surface area contributed by atoms with Gasteiger partial charge in [0.15, 0.2) is 0 Å². The third-order valence-electron chi connectivity index (χ3n) is 6.76. The Bertz CT molecular complexity index is 1200. The highest BCUT2D eigenvalue weighted by atomic mass is 19.1. The number of hydrogen-bond donors (Lipinski definition) is 2. The molecule has 5 rings (SSSR count). The summed E-state index contributed by atoms with van der Waals surface area (Å²) in [6.07, 6.45) is 10.4. The lowest BCUT2D eigenvalue weighted by atomic mass is 9.96. The molecule has 1 aliphatic heterocycles. The topological polar surface area (TPSA) is 70.2 Å². The van der Waals surface area contributed by atoms with E-state index in [4.69, 9.17) is 4.74 Å². The van der Waals surface area contributed by atoms with Crippen molar-refractivity contribution in [2.24, 2.45) is 0 Å². The first-order chi connectivity index (χ1) is 16.1. The maximum Gasteiger partial charge on any atom is 0.317 e. The number of urea groups is 1. The molecule has 2 amide bonds. The summed E-state index contributed by atoms with van der Waals surface area (Å²) in [6, 6.07) is 8.82. The van der Waals surface area contributed by atoms with E-state index in [0.29, 0.717) is 30.4 Å². The van der Waals surface area contributed by atoms with Gasteiger partial charge < -0.3 is 19.9 Å². The van der Waals surface area contributed by atoms with Crippen molar-refractivity contribution in [2.75, 3.05) is 20.2 Å². The van der Waals surface area contributed by atoms with E-state index < -0.39 is 0 Å². The molecule has 1 saturated carbocycles. The van der Waals surface area contributed by atoms with Gasteiger partial charge in [-0.1, -0.05) is 25.3 Å². The zero-order valence-corrected chi connectivity index (χ0v) is 18.9. The molecule has 0 spiro atoms. The molecule has 3 heterocycles. The number of pyridine rings is 1. The number of amides is 2. The van der Waals surface area contributed by atoms with E-state index in [0.717, 1.165) is 47.1 Å². The van der Waals surface area contributed by atoms with Crippen molar-refractivity contribution in [3.8, 4) is 16.9 Å². The molecule has 1 aliphatic carbocycles. The summed E-state index contributed by atoms with van der Waals surface area (Å²) in [7, 11) is 1.58. The monoisotopic (exact) mass is 448 g/mol. The molecule has 3 aromatic rings. The number of benzene rings is 1. The molecule has 0 atom stereocenters. The lowest BCUT2D eigenvalue weighted by Crippen LogP contribution is -2.46. The molecule has 7 heteroatoms. The number of H-pyrrole nitrogens is 1. The number of carbonyl (C=O) groups is 1. The fraction of sp³-hybridized carbons (Fsp3) is 0.385. The summed E-state index contributed by atoms with van der Waals surface area (Å²) in [6.45, 7) is 1.26. The molecule has 2 aliphatic rings. The molecular weight excluding hydrogens is 419 g/mol. The number of aromatic amines is 1. The standard InChI is InChI=1S/C26H29FN4O2/c1-33-24-8-7-18(27)15-21(24)20-9-12-28-25-22(20)16-23(30-25)17-10-13-31(14-11-17)26(32)29-19-5-3-2-4-6-19/h7-10,12,15-16,19H,2-6,11,13-14H2,1H3,(H,28,30)(H,29,32). The first-order valence-corrected chi connectivity index (χ1v) is 11.7. The van der Waals surface area contributed by atoms with E-state index in [2.05, 4.69) is 27.4 Å². The van der Waals surface area contributed by atoms with Crippen LogP contribution in [0.1, 0.15) is 44.2 Å². The van der Waals surface area contributed by atoms with Gasteiger partial charge in [-0.05, 0) is 60.7 Å². The first kappa shape index (κ1) is 21.5. The zero-order chi connectivity index (χ0) is 22.8. The van der Waals surface area contributed by atoms with E-state index in [1.807, 2.05) is 11.0 Å². The average molecular weight is 449 g/mol. The number of hydrogen-bond acceptors (Lipinski definition) is 3. The summed E-state index contributed by atoms with van der Waals surface area (Å²) < 4.78 is 19.5. The quantitative estimate of drug-likeness (QED) is 0.553. The predicted molar refractivity (Wildman–Crippen MR) is 128 cm³/mol. The average Bonchev–Trinajstić information content (AvgIpc) is 3.29. The van der Waals surface area contributed by atoms with Crippen molar-refractivity contribution in [1.82, 2.24) is 20.2 Å². The maximum absolute atomic E-state index is 14.0. The Morgan fingerprint density at radius 2 is 2.03 bits per heavy atom. The Kier molecular flexibility index (Phi) is 6.03. The summed E-state index contributed by atoms with van der Waals surface area (Å²) >= 11 is 0. The minimum absolute atomic E-state index is 0.0380. The van der Waals surface area contributed by atoms with Gasteiger partial charge in [-0.3, -0.25) is 0 Å². The van der Waals surface area contributed by atoms with E-state index >= 15 is 0 Å². The smallest absolute Gasteiger partial charge is 0.317 e. The van der Waals surface area contributed by atoms with Gasteiger partial charge in [0.05, 0.1) is 7.11 Å². The van der Waals surface area contributed by atoms with Crippen LogP contribution in [-0.2, 0) is 0 Å². The number of nitrogens with one attached hydrogen (secondary N) is 2. The number of nitrogens with zero attached hydrogens (tertiary/aromatic N) is 2. The van der Waals surface area contributed by atoms with Crippen molar-refractivity contribution in [3.63, 3.8) is 0 Å². The van der Waals surface area contributed by atoms with Crippen LogP contribution in [0.25, 0.3) is 27.7 Å². The molecule has 1 aromatic carbocycles. The van der Waals surface area contributed by atoms with Crippen molar-refractivity contribution in [1.29, 1.82) is 0 Å². The van der Waals surface area contributed by atoms with Crippen LogP contribution in [-0.4, -0.2) is 47.1 Å². The van der Waals surface area contributed by atoms with Crippen LogP contribution < -0.4 is 10.1 Å². The number of fused-ring (bicyclic) bond motifs is 1. The highest BCUT2D eigenvalue weighted by molar-refractivity contribution is 5.96. The Labute approximate surface area is 192 Å². The lowest BCUT2D eigenvalue weighted by Gasteiger charge is -2.30. The molecule has 0 radical (unpaired) electrons. The summed E-state index contributed by atoms with van der Waals surface area (Å²) in [4.78, 5) is 22.4. The number of carbonyl (C=O) groups excluding carboxylic acids is 1. The van der Waals surface area contributed by atoms with Crippen LogP contribution in [0.3, 0.4) is 0 Å². The highest BCUT2D eigenvalue weighted by Crippen LogP contribution is 2.36. The fourth-order valence-corrected chi connectivity index (χ4v) is 4.94. The molecule has 2 aromatic heterocycles. The van der Waals surface area contributed by atoms with E-state index in [-0.39, 0.29) is 11.8 Å². The normalized spacial score (nSPS) is 17.2. The second-order valence-corrected chi connectivity index (χ2v) is 8.86. The van der Waals surface area contributed by atoms with E-state index in [1.165, 1.54) is 31.4 Å². The Morgan fingerprint density at radius 1 is 1.18 bits per heavy atom. The SMILES string of the molecule is COc1ccc(F)cc1-c1ccnc2[nH]c(C3=CCN(C(=O)NC4CCCCC4)CC3)cc12. The van der Waals surface area contributed by atoms with Gasteiger partial charge in [-0.15, -0.1) is 0 Å². The van der Waals surface area contributed by atoms with Gasteiger partial charge in [-0.2, -0.15) is 0 Å². The van der Waals surface area contributed by atoms with Crippen LogP contribution >= 0.6 is 0 Å². The molecule has 172 valence electrons. The third kappa shape index (κ3) is 4.45. The van der Waals surface area contributed by atoms with Crippen molar-refractivity contribution in [2.45, 2.75) is 44.6 Å². The number of aromatic nitrogens is 2. The molecule has 33 heavy (non-hydrogen) atoms. The second-order valence-electron chi connectivity index (χ2n) is 8.86. The first-order valence-electron chi connectivity index (χ1n) is 11.7. The Hall–Kier alpha value is -3.35. The van der Waals surface area contributed by atoms with Crippen LogP contribution in [0, 0.1) is 5.82 Å². The minimum atomic E-state index is -0.312. The van der Waals surface area contributed by atoms with Gasteiger partial charge in [0, 0.05) is 42.0 Å². The zero-order valence-electron chi connectivity index (χ0n) is 18.9. The van der Waals surface area contributed by atoms with Gasteiger partial charge >= 0.3 is 6.03 Å². The van der Waals surface area contributed by atoms with Crippen molar-refractivity contribution in [3.05, 3.63) is 54.1 Å². The predicted octanol–water partition coefficient (Wildman–Crippen LogP) is 5.51. The number of ether oxygens (including phenoxy) is 1. The molecule has 0 unspecified atom stereocenters. The van der Waals surface area contributed by atoms with Crippen molar-refractivity contribution < 1.29 is 13.9 Å². The second kappa shape index (κ2) is 9.25. The molecule has 6 nitrogen and oxygen atoms in total. The fourth-order valence-electron chi connectivity index (χ4n) is 4.94. The van der Waals surface area contributed by atoms with Gasteiger partial charge in [0.2, 0.25) is 0 Å². The number of halogens is 1. The third-order valence-corrected chi connectivity index (χ3v) is 6.76. The van der Waals surface area contributed by atoms with Crippen LogP contribution in [0.15, 0.2) is 42.6 Å². The van der Waals surface area contributed by atoms with Crippen LogP contribution in [0.4, 0.5) is 9.18 Å². The minimum Gasteiger partial charge on any atom is -0.496 e. The highest BCUT2D eigenvalue weighted by Gasteiger charge is 2.23. The van der Waals surface area contributed by atoms with Crippen molar-refractivity contribution >= 4 is 22.6 Å². The molecule has 0 bridgehead atoms. The number of methoxy groups -OCH3 is 1. The largest absolute Gasteiger partial charge is 0.496 e. The molecular formula is C26H29FN4O2. The molecule has 0 saturated heterocycles. The van der Waals surface area contributed by atoms with Gasteiger partial charge in [0.25, 0.3) is 0 Å². The van der Waals surface area contributed by atoms with E-state index in [9.17, 15) is 9.18 Å². The maximum atomic E-state index is 14.0. The molecule has 1 fully saturated rings. The summed E-state index contributed by atoms with van der Waals surface area (Å²) in [5, 5.41) is 4.11. The van der Waals surface area contributed by atoms with E-state index in [1.54, 1.807) is 19.4 Å². The summed E-state index contributed by atoms with van der Waals surface area (Å²) in [5.74, 6) is 0.302. The number of rotatable bonds is 4. The molecule has 2 N–H and O–H groups in total. The lowest BCUT2D eigenvalue weighted by molar-refractivity contribution is 0.195. The Morgan fingerprint density at radius 3 is 2.79 bits per heavy atom. The van der Waals surface area contributed by atoms with Gasteiger partial charge in [-0.25, -0.2) is 14.2 Å². The van der Waals surface area contributed by atoms with Gasteiger partial charge in [0.1, 0.15) is 17.2 Å². The summed E-state index contributed by atoms with van der Waals surface area (Å²) in [5.41, 5.74) is 4.44.